The number of benzene rings is 2. The number of aliphatic hydroxyl groups excluding tert-OH is 1. The summed E-state index contributed by atoms with van der Waals surface area (Å²) < 4.78 is 16.3. The molecule has 7 heteroatoms. The summed E-state index contributed by atoms with van der Waals surface area (Å²) >= 11 is 12.3. The quantitative estimate of drug-likeness (QED) is 0.685. The third-order valence-corrected chi connectivity index (χ3v) is 6.54. The molecule has 1 N–H and O–H groups in total. The number of hydrogen-bond acceptors (Lipinski definition) is 5. The van der Waals surface area contributed by atoms with Crippen molar-refractivity contribution in [1.82, 2.24) is 4.90 Å². The zero-order chi connectivity index (χ0) is 21.2. The minimum atomic E-state index is -0.523. The second kappa shape index (κ2) is 9.00. The predicted molar refractivity (Wildman–Crippen MR) is 116 cm³/mol. The second-order valence-corrected chi connectivity index (χ2v) is 8.27. The molecule has 0 radical (unpaired) electrons. The maximum atomic E-state index is 10.7. The molecular weight excluding hydrogens is 413 g/mol. The van der Waals surface area contributed by atoms with E-state index in [1.165, 1.54) is 0 Å². The van der Waals surface area contributed by atoms with Crippen molar-refractivity contribution in [3.63, 3.8) is 0 Å². The largest absolute Gasteiger partial charge is 0.493 e. The molecule has 0 saturated carbocycles. The maximum Gasteiger partial charge on any atom is 0.203 e. The van der Waals surface area contributed by atoms with Gasteiger partial charge in [0, 0.05) is 18.5 Å². The molecular formula is C22H27Cl2NO4. The van der Waals surface area contributed by atoms with Gasteiger partial charge >= 0.3 is 0 Å². The molecule has 0 bridgehead atoms. The van der Waals surface area contributed by atoms with E-state index in [4.69, 9.17) is 37.4 Å². The van der Waals surface area contributed by atoms with E-state index in [1.54, 1.807) is 27.4 Å². The topological polar surface area (TPSA) is 51.2 Å². The van der Waals surface area contributed by atoms with E-state index in [0.29, 0.717) is 40.4 Å². The zero-order valence-corrected chi connectivity index (χ0v) is 18.7. The van der Waals surface area contributed by atoms with Gasteiger partial charge in [0.25, 0.3) is 0 Å². The van der Waals surface area contributed by atoms with Crippen molar-refractivity contribution in [1.29, 1.82) is 0 Å². The summed E-state index contributed by atoms with van der Waals surface area (Å²) in [5.74, 6) is 1.84. The Morgan fingerprint density at radius 1 is 1.03 bits per heavy atom. The lowest BCUT2D eigenvalue weighted by Crippen LogP contribution is -2.40. The summed E-state index contributed by atoms with van der Waals surface area (Å²) in [6, 6.07) is 9.56. The number of ether oxygens (including phenoxy) is 3. The van der Waals surface area contributed by atoms with Crippen molar-refractivity contribution in [3.05, 3.63) is 51.5 Å². The Hall–Kier alpha value is -1.66. The number of nitrogens with zero attached hydrogens (tertiary/aromatic N) is 1. The van der Waals surface area contributed by atoms with Crippen LogP contribution in [-0.4, -0.2) is 50.5 Å². The van der Waals surface area contributed by atoms with Crippen LogP contribution in [0, 0.1) is 0 Å². The molecule has 2 aromatic rings. The monoisotopic (exact) mass is 439 g/mol. The van der Waals surface area contributed by atoms with E-state index in [9.17, 15) is 5.11 Å². The van der Waals surface area contributed by atoms with Crippen LogP contribution in [-0.2, 0) is 12.0 Å². The van der Waals surface area contributed by atoms with Crippen LogP contribution in [0.1, 0.15) is 24.5 Å². The van der Waals surface area contributed by atoms with Gasteiger partial charge in [-0.2, -0.15) is 0 Å². The number of rotatable bonds is 7. The fourth-order valence-electron chi connectivity index (χ4n) is 4.16. The normalized spacial score (nSPS) is 20.5. The molecule has 1 aliphatic heterocycles. The molecule has 0 aromatic heterocycles. The standard InChI is InChI=1S/C22H27Cl2NO4/c1-14(26)22(16-5-6-17(23)18(24)11-16)7-8-25(13-22)12-15-9-19(27-2)21(29-4)20(10-15)28-3/h5-6,9-11,14,26H,7-8,12-13H2,1-4H3. The first-order valence-corrected chi connectivity index (χ1v) is 10.2. The lowest BCUT2D eigenvalue weighted by Gasteiger charge is -2.33. The highest BCUT2D eigenvalue weighted by Gasteiger charge is 2.43. The van der Waals surface area contributed by atoms with Gasteiger partial charge in [-0.3, -0.25) is 4.90 Å². The van der Waals surface area contributed by atoms with Gasteiger partial charge in [-0.15, -0.1) is 0 Å². The lowest BCUT2D eigenvalue weighted by atomic mass is 9.75. The van der Waals surface area contributed by atoms with E-state index in [1.807, 2.05) is 31.2 Å². The summed E-state index contributed by atoms with van der Waals surface area (Å²) in [6.45, 7) is 4.10. The average Bonchev–Trinajstić information content (AvgIpc) is 3.14. The number of halogens is 2. The molecule has 0 aliphatic carbocycles. The summed E-state index contributed by atoms with van der Waals surface area (Å²) in [4.78, 5) is 2.32. The Morgan fingerprint density at radius 2 is 1.69 bits per heavy atom. The van der Waals surface area contributed by atoms with E-state index in [0.717, 1.165) is 24.1 Å². The van der Waals surface area contributed by atoms with Gasteiger partial charge in [-0.05, 0) is 55.3 Å². The highest BCUT2D eigenvalue weighted by molar-refractivity contribution is 6.42. The van der Waals surface area contributed by atoms with Gasteiger partial charge in [0.15, 0.2) is 11.5 Å². The van der Waals surface area contributed by atoms with Crippen molar-refractivity contribution < 1.29 is 19.3 Å². The summed E-state index contributed by atoms with van der Waals surface area (Å²) in [6.07, 6.45) is 0.303. The predicted octanol–water partition coefficient (Wildman–Crippen LogP) is 4.54. The molecule has 158 valence electrons. The Balaban J connectivity index is 1.86. The van der Waals surface area contributed by atoms with Crippen molar-refractivity contribution >= 4 is 23.2 Å². The molecule has 2 aromatic carbocycles. The molecule has 2 atom stereocenters. The number of methoxy groups -OCH3 is 3. The highest BCUT2D eigenvalue weighted by atomic mass is 35.5. The first-order chi connectivity index (χ1) is 13.8. The zero-order valence-electron chi connectivity index (χ0n) is 17.2. The van der Waals surface area contributed by atoms with Crippen molar-refractivity contribution in [2.75, 3.05) is 34.4 Å². The summed E-state index contributed by atoms with van der Waals surface area (Å²) in [7, 11) is 4.81. The molecule has 2 unspecified atom stereocenters. The Kier molecular flexibility index (Phi) is 6.84. The SMILES string of the molecule is COc1cc(CN2CCC(c3ccc(Cl)c(Cl)c3)(C(C)O)C2)cc(OC)c1OC. The number of aliphatic hydroxyl groups is 1. The molecule has 1 heterocycles. The smallest absolute Gasteiger partial charge is 0.203 e. The van der Waals surface area contributed by atoms with E-state index in [2.05, 4.69) is 4.90 Å². The Labute approximate surface area is 182 Å². The molecule has 1 fully saturated rings. The van der Waals surface area contributed by atoms with Crippen molar-refractivity contribution in [3.8, 4) is 17.2 Å². The van der Waals surface area contributed by atoms with Gasteiger partial charge in [-0.1, -0.05) is 29.3 Å². The first kappa shape index (κ1) is 22.0. The number of hydrogen-bond donors (Lipinski definition) is 1. The van der Waals surface area contributed by atoms with Crippen molar-refractivity contribution in [2.24, 2.45) is 0 Å². The van der Waals surface area contributed by atoms with E-state index >= 15 is 0 Å². The molecule has 0 spiro atoms. The molecule has 1 aliphatic rings. The first-order valence-electron chi connectivity index (χ1n) is 9.49. The van der Waals surface area contributed by atoms with Gasteiger partial charge in [-0.25, -0.2) is 0 Å². The molecule has 29 heavy (non-hydrogen) atoms. The highest BCUT2D eigenvalue weighted by Crippen LogP contribution is 2.42. The van der Waals surface area contributed by atoms with E-state index in [-0.39, 0.29) is 0 Å². The Bertz CT molecular complexity index is 849. The van der Waals surface area contributed by atoms with E-state index < -0.39 is 11.5 Å². The molecule has 1 saturated heterocycles. The maximum absolute atomic E-state index is 10.7. The van der Waals surface area contributed by atoms with Crippen LogP contribution in [0.5, 0.6) is 17.2 Å². The third kappa shape index (κ3) is 4.29. The molecule has 3 rings (SSSR count). The molecule has 5 nitrogen and oxygen atoms in total. The number of likely N-dealkylation sites (tertiary alicyclic amines) is 1. The van der Waals surface area contributed by atoms with Crippen LogP contribution >= 0.6 is 23.2 Å². The van der Waals surface area contributed by atoms with Gasteiger partial charge in [0.1, 0.15) is 0 Å². The van der Waals surface area contributed by atoms with Crippen LogP contribution < -0.4 is 14.2 Å². The van der Waals surface area contributed by atoms with Gasteiger partial charge in [0.2, 0.25) is 5.75 Å². The fraction of sp³-hybridized carbons (Fsp3) is 0.455. The lowest BCUT2D eigenvalue weighted by molar-refractivity contribution is 0.0982. The third-order valence-electron chi connectivity index (χ3n) is 5.80. The van der Waals surface area contributed by atoms with Crippen LogP contribution in [0.3, 0.4) is 0 Å². The fourth-order valence-corrected chi connectivity index (χ4v) is 4.46. The minimum Gasteiger partial charge on any atom is -0.493 e. The Morgan fingerprint density at radius 3 is 2.21 bits per heavy atom. The minimum absolute atomic E-state index is 0.394. The van der Waals surface area contributed by atoms with Crippen LogP contribution in [0.25, 0.3) is 0 Å². The second-order valence-electron chi connectivity index (χ2n) is 7.46. The summed E-state index contributed by atoms with van der Waals surface area (Å²) in [5, 5.41) is 11.7. The van der Waals surface area contributed by atoms with Crippen molar-refractivity contribution in [2.45, 2.75) is 31.4 Å². The van der Waals surface area contributed by atoms with Gasteiger partial charge < -0.3 is 19.3 Å². The van der Waals surface area contributed by atoms with Gasteiger partial charge in [0.05, 0.1) is 37.5 Å². The summed E-state index contributed by atoms with van der Waals surface area (Å²) in [5.41, 5.74) is 1.67. The average molecular weight is 440 g/mol. The molecule has 0 amide bonds. The van der Waals surface area contributed by atoms with Crippen LogP contribution in [0.2, 0.25) is 10.0 Å². The van der Waals surface area contributed by atoms with Crippen LogP contribution in [0.15, 0.2) is 30.3 Å². The van der Waals surface area contributed by atoms with Crippen LogP contribution in [0.4, 0.5) is 0 Å².